The summed E-state index contributed by atoms with van der Waals surface area (Å²) in [6.07, 6.45) is 3.59. The molecule has 6 nitrogen and oxygen atoms in total. The van der Waals surface area contributed by atoms with Crippen LogP contribution in [0.3, 0.4) is 0 Å². The van der Waals surface area contributed by atoms with Crippen molar-refractivity contribution in [2.75, 3.05) is 5.73 Å². The average Bonchev–Trinajstić information content (AvgIpc) is 2.93. The van der Waals surface area contributed by atoms with E-state index in [2.05, 4.69) is 30.9 Å². The van der Waals surface area contributed by atoms with Gasteiger partial charge in [0.1, 0.15) is 17.0 Å². The van der Waals surface area contributed by atoms with E-state index in [1.54, 1.807) is 6.20 Å². The normalized spacial score (nSPS) is 11.1. The topological polar surface area (TPSA) is 82.0 Å². The second-order valence-corrected chi connectivity index (χ2v) is 6.26. The molecular weight excluding hydrogens is 368 g/mol. The van der Waals surface area contributed by atoms with E-state index in [9.17, 15) is 0 Å². The van der Waals surface area contributed by atoms with Crippen LogP contribution in [0.25, 0.3) is 28.4 Å². The Kier molecular flexibility index (Phi) is 3.50. The van der Waals surface area contributed by atoms with Crippen molar-refractivity contribution in [3.8, 4) is 22.8 Å². The van der Waals surface area contributed by atoms with Crippen LogP contribution >= 0.6 is 15.9 Å². The summed E-state index contributed by atoms with van der Waals surface area (Å²) in [6, 6.07) is 11.6. The third-order valence-corrected chi connectivity index (χ3v) is 4.10. The molecule has 2 N–H and O–H groups in total. The SMILES string of the molecule is Cc1cccc(-c2nc3ccc(Br)cn3c2-c2ccnc(N)n2)n1. The van der Waals surface area contributed by atoms with Crippen molar-refractivity contribution >= 4 is 27.5 Å². The highest BCUT2D eigenvalue weighted by Gasteiger charge is 2.18. The van der Waals surface area contributed by atoms with Gasteiger partial charge < -0.3 is 5.73 Å². The van der Waals surface area contributed by atoms with Gasteiger partial charge in [-0.2, -0.15) is 0 Å². The van der Waals surface area contributed by atoms with E-state index in [0.29, 0.717) is 5.69 Å². The molecular formula is C17H13BrN6. The van der Waals surface area contributed by atoms with Crippen LogP contribution in [0.5, 0.6) is 0 Å². The monoisotopic (exact) mass is 380 g/mol. The third-order valence-electron chi connectivity index (χ3n) is 3.63. The molecule has 4 rings (SSSR count). The molecule has 118 valence electrons. The summed E-state index contributed by atoms with van der Waals surface area (Å²) >= 11 is 3.51. The van der Waals surface area contributed by atoms with Gasteiger partial charge in [-0.15, -0.1) is 0 Å². The first-order chi connectivity index (χ1) is 11.6. The fourth-order valence-electron chi connectivity index (χ4n) is 2.62. The Morgan fingerprint density at radius 3 is 2.67 bits per heavy atom. The fourth-order valence-corrected chi connectivity index (χ4v) is 2.96. The molecule has 0 spiro atoms. The predicted octanol–water partition coefficient (Wildman–Crippen LogP) is 3.51. The zero-order valence-electron chi connectivity index (χ0n) is 12.8. The zero-order valence-corrected chi connectivity index (χ0v) is 14.4. The molecule has 0 aliphatic carbocycles. The van der Waals surface area contributed by atoms with Gasteiger partial charge >= 0.3 is 0 Å². The first-order valence-corrected chi connectivity index (χ1v) is 8.11. The van der Waals surface area contributed by atoms with Crippen molar-refractivity contribution in [2.24, 2.45) is 0 Å². The lowest BCUT2D eigenvalue weighted by atomic mass is 10.1. The maximum atomic E-state index is 5.77. The summed E-state index contributed by atoms with van der Waals surface area (Å²) in [5.41, 5.74) is 10.6. The molecule has 0 atom stereocenters. The van der Waals surface area contributed by atoms with Crippen LogP contribution in [0.2, 0.25) is 0 Å². The standard InChI is InChI=1S/C17H13BrN6/c1-10-3-2-4-12(21-10)15-16(13-7-8-20-17(19)22-13)24-9-11(18)5-6-14(24)23-15/h2-9H,1H3,(H2,19,20,22). The summed E-state index contributed by atoms with van der Waals surface area (Å²) in [6.45, 7) is 1.96. The Morgan fingerprint density at radius 2 is 1.88 bits per heavy atom. The summed E-state index contributed by atoms with van der Waals surface area (Å²) in [5, 5.41) is 0. The van der Waals surface area contributed by atoms with Crippen molar-refractivity contribution in [3.63, 3.8) is 0 Å². The number of nitrogen functional groups attached to an aromatic ring is 1. The molecule has 0 radical (unpaired) electrons. The zero-order chi connectivity index (χ0) is 16.7. The molecule has 0 aliphatic heterocycles. The Bertz CT molecular complexity index is 1060. The lowest BCUT2D eigenvalue weighted by molar-refractivity contribution is 1.13. The van der Waals surface area contributed by atoms with E-state index < -0.39 is 0 Å². The third kappa shape index (κ3) is 2.52. The molecule has 7 heteroatoms. The Morgan fingerprint density at radius 1 is 1.00 bits per heavy atom. The minimum absolute atomic E-state index is 0.223. The molecule has 0 unspecified atom stereocenters. The summed E-state index contributed by atoms with van der Waals surface area (Å²) < 4.78 is 2.92. The van der Waals surface area contributed by atoms with E-state index >= 15 is 0 Å². The Balaban J connectivity index is 2.08. The molecule has 0 bridgehead atoms. The van der Waals surface area contributed by atoms with Gasteiger partial charge in [-0.05, 0) is 53.2 Å². The highest BCUT2D eigenvalue weighted by Crippen LogP contribution is 2.31. The molecule has 0 aliphatic rings. The second kappa shape index (κ2) is 5.68. The number of pyridine rings is 2. The molecule has 24 heavy (non-hydrogen) atoms. The molecule has 4 aromatic heterocycles. The van der Waals surface area contributed by atoms with Gasteiger partial charge in [-0.3, -0.25) is 9.38 Å². The van der Waals surface area contributed by atoms with Crippen LogP contribution in [0, 0.1) is 6.92 Å². The van der Waals surface area contributed by atoms with E-state index in [1.165, 1.54) is 0 Å². The van der Waals surface area contributed by atoms with Gasteiger partial charge in [-0.25, -0.2) is 15.0 Å². The van der Waals surface area contributed by atoms with Crippen molar-refractivity contribution in [3.05, 3.63) is 59.0 Å². The fraction of sp³-hybridized carbons (Fsp3) is 0.0588. The molecule has 0 amide bonds. The summed E-state index contributed by atoms with van der Waals surface area (Å²) in [4.78, 5) is 17.7. The number of nitrogens with two attached hydrogens (primary N) is 1. The minimum atomic E-state index is 0.223. The number of halogens is 1. The van der Waals surface area contributed by atoms with Gasteiger partial charge in [0.2, 0.25) is 5.95 Å². The van der Waals surface area contributed by atoms with Gasteiger partial charge in [0, 0.05) is 22.6 Å². The maximum absolute atomic E-state index is 5.77. The molecule has 4 heterocycles. The van der Waals surface area contributed by atoms with Gasteiger partial charge in [-0.1, -0.05) is 6.07 Å². The number of aromatic nitrogens is 5. The van der Waals surface area contributed by atoms with E-state index in [4.69, 9.17) is 10.7 Å². The lowest BCUT2D eigenvalue weighted by Gasteiger charge is -2.06. The van der Waals surface area contributed by atoms with Crippen LogP contribution in [-0.4, -0.2) is 24.3 Å². The van der Waals surface area contributed by atoms with Crippen molar-refractivity contribution in [1.29, 1.82) is 0 Å². The number of rotatable bonds is 2. The number of hydrogen-bond donors (Lipinski definition) is 1. The van der Waals surface area contributed by atoms with Crippen LogP contribution in [0.4, 0.5) is 5.95 Å². The van der Waals surface area contributed by atoms with Gasteiger partial charge in [0.25, 0.3) is 0 Å². The van der Waals surface area contributed by atoms with E-state index in [0.717, 1.165) is 32.9 Å². The van der Waals surface area contributed by atoms with Gasteiger partial charge in [0.15, 0.2) is 0 Å². The number of aryl methyl sites for hydroxylation is 1. The number of imidazole rings is 1. The molecule has 0 aromatic carbocycles. The van der Waals surface area contributed by atoms with Crippen LogP contribution in [0.1, 0.15) is 5.69 Å². The first kappa shape index (κ1) is 14.8. The summed E-state index contributed by atoms with van der Waals surface area (Å²) in [7, 11) is 0. The highest BCUT2D eigenvalue weighted by atomic mass is 79.9. The van der Waals surface area contributed by atoms with Crippen molar-refractivity contribution in [1.82, 2.24) is 24.3 Å². The maximum Gasteiger partial charge on any atom is 0.220 e. The first-order valence-electron chi connectivity index (χ1n) is 7.32. The summed E-state index contributed by atoms with van der Waals surface area (Å²) in [5.74, 6) is 0.223. The largest absolute Gasteiger partial charge is 0.368 e. The quantitative estimate of drug-likeness (QED) is 0.575. The molecule has 0 saturated carbocycles. The van der Waals surface area contributed by atoms with E-state index in [1.807, 2.05) is 53.9 Å². The Hall–Kier alpha value is -2.80. The number of nitrogens with zero attached hydrogens (tertiary/aromatic N) is 5. The van der Waals surface area contributed by atoms with Crippen molar-refractivity contribution in [2.45, 2.75) is 6.92 Å². The minimum Gasteiger partial charge on any atom is -0.368 e. The van der Waals surface area contributed by atoms with Crippen LogP contribution < -0.4 is 5.73 Å². The highest BCUT2D eigenvalue weighted by molar-refractivity contribution is 9.10. The molecule has 4 aromatic rings. The Labute approximate surface area is 146 Å². The van der Waals surface area contributed by atoms with Gasteiger partial charge in [0.05, 0.1) is 11.4 Å². The number of hydrogen-bond acceptors (Lipinski definition) is 5. The lowest BCUT2D eigenvalue weighted by Crippen LogP contribution is -1.98. The predicted molar refractivity (Wildman–Crippen MR) is 96.3 cm³/mol. The van der Waals surface area contributed by atoms with Crippen LogP contribution in [0.15, 0.2) is 53.3 Å². The molecule has 0 fully saturated rings. The smallest absolute Gasteiger partial charge is 0.220 e. The number of anilines is 1. The molecule has 0 saturated heterocycles. The van der Waals surface area contributed by atoms with Crippen LogP contribution in [-0.2, 0) is 0 Å². The van der Waals surface area contributed by atoms with Crippen molar-refractivity contribution < 1.29 is 0 Å². The van der Waals surface area contributed by atoms with E-state index in [-0.39, 0.29) is 5.95 Å². The average molecular weight is 381 g/mol. The number of fused-ring (bicyclic) bond motifs is 1. The second-order valence-electron chi connectivity index (χ2n) is 5.35.